The third kappa shape index (κ3) is 2.68. The Hall–Kier alpha value is -1.71. The first-order valence-electron chi connectivity index (χ1n) is 7.80. The fourth-order valence-electron chi connectivity index (χ4n) is 3.18. The van der Waals surface area contributed by atoms with E-state index in [1.165, 1.54) is 31.8 Å². The standard InChI is InChI=1S/C19H18ClNOS/c1-12-7-15-17(22-11-13-5-3-2-4-6-13)8-16-18(19(15)23-12)14(9-20)10-21-16/h2-8,14,21H,9-11H2,1H3/t14-/m1/s1. The fraction of sp³-hybridized carbons (Fsp3) is 0.263. The number of alkyl halides is 1. The van der Waals surface area contributed by atoms with Crippen LogP contribution in [0.5, 0.6) is 5.75 Å². The zero-order chi connectivity index (χ0) is 15.8. The Morgan fingerprint density at radius 1 is 1.26 bits per heavy atom. The summed E-state index contributed by atoms with van der Waals surface area (Å²) in [6.45, 7) is 3.64. The van der Waals surface area contributed by atoms with Gasteiger partial charge in [-0.05, 0) is 24.1 Å². The van der Waals surface area contributed by atoms with Crippen molar-refractivity contribution in [2.75, 3.05) is 17.7 Å². The molecule has 0 unspecified atom stereocenters. The molecule has 0 saturated heterocycles. The van der Waals surface area contributed by atoms with Gasteiger partial charge in [-0.15, -0.1) is 22.9 Å². The number of nitrogens with one attached hydrogen (secondary N) is 1. The molecule has 118 valence electrons. The second-order valence-corrected chi connectivity index (χ2v) is 7.51. The molecular weight excluding hydrogens is 326 g/mol. The number of ether oxygens (including phenoxy) is 1. The molecule has 4 heteroatoms. The number of aryl methyl sites for hydroxylation is 1. The minimum Gasteiger partial charge on any atom is -0.488 e. The van der Waals surface area contributed by atoms with Crippen LogP contribution in [0.3, 0.4) is 0 Å². The van der Waals surface area contributed by atoms with Gasteiger partial charge in [0.1, 0.15) is 12.4 Å². The maximum Gasteiger partial charge on any atom is 0.130 e. The van der Waals surface area contributed by atoms with E-state index in [2.05, 4.69) is 36.5 Å². The highest BCUT2D eigenvalue weighted by Crippen LogP contribution is 2.46. The third-order valence-corrected chi connectivity index (χ3v) is 5.76. The highest BCUT2D eigenvalue weighted by Gasteiger charge is 2.26. The lowest BCUT2D eigenvalue weighted by molar-refractivity contribution is 0.310. The molecule has 0 bridgehead atoms. The Labute approximate surface area is 145 Å². The molecule has 0 saturated carbocycles. The van der Waals surface area contributed by atoms with Crippen LogP contribution in [0.1, 0.15) is 21.9 Å². The minimum atomic E-state index is 0.385. The first kappa shape index (κ1) is 14.9. The van der Waals surface area contributed by atoms with Gasteiger partial charge in [-0.3, -0.25) is 0 Å². The Morgan fingerprint density at radius 2 is 2.09 bits per heavy atom. The van der Waals surface area contributed by atoms with Crippen LogP contribution in [-0.4, -0.2) is 12.4 Å². The van der Waals surface area contributed by atoms with Crippen molar-refractivity contribution in [1.82, 2.24) is 0 Å². The summed E-state index contributed by atoms with van der Waals surface area (Å²) < 4.78 is 7.46. The molecule has 23 heavy (non-hydrogen) atoms. The fourth-order valence-corrected chi connectivity index (χ4v) is 4.60. The van der Waals surface area contributed by atoms with Gasteiger partial charge in [0.15, 0.2) is 0 Å². The molecule has 1 N–H and O–H groups in total. The van der Waals surface area contributed by atoms with Gasteiger partial charge in [-0.25, -0.2) is 0 Å². The SMILES string of the molecule is Cc1cc2c(OCc3ccccc3)cc3c(c2s1)[C@H](CCl)CN3. The molecule has 0 aliphatic carbocycles. The predicted molar refractivity (Wildman–Crippen MR) is 99.3 cm³/mol. The van der Waals surface area contributed by atoms with Gasteiger partial charge in [0.25, 0.3) is 0 Å². The number of hydrogen-bond acceptors (Lipinski definition) is 3. The van der Waals surface area contributed by atoms with Crippen LogP contribution in [0.2, 0.25) is 0 Å². The van der Waals surface area contributed by atoms with Gasteiger partial charge in [-0.2, -0.15) is 0 Å². The second-order valence-electron chi connectivity index (χ2n) is 5.94. The van der Waals surface area contributed by atoms with E-state index in [-0.39, 0.29) is 0 Å². The molecule has 1 aliphatic heterocycles. The zero-order valence-corrected chi connectivity index (χ0v) is 14.5. The van der Waals surface area contributed by atoms with Crippen LogP contribution < -0.4 is 10.1 Å². The number of halogens is 1. The van der Waals surface area contributed by atoms with Crippen LogP contribution in [0.4, 0.5) is 5.69 Å². The summed E-state index contributed by atoms with van der Waals surface area (Å²) in [7, 11) is 0. The first-order valence-corrected chi connectivity index (χ1v) is 9.15. The van der Waals surface area contributed by atoms with Gasteiger partial charge in [0, 0.05) is 45.1 Å². The van der Waals surface area contributed by atoms with Gasteiger partial charge in [0.2, 0.25) is 0 Å². The number of hydrogen-bond donors (Lipinski definition) is 1. The molecule has 0 fully saturated rings. The highest BCUT2D eigenvalue weighted by atomic mass is 35.5. The number of rotatable bonds is 4. The van der Waals surface area contributed by atoms with E-state index in [9.17, 15) is 0 Å². The molecule has 1 aliphatic rings. The van der Waals surface area contributed by atoms with Gasteiger partial charge in [-0.1, -0.05) is 30.3 Å². The first-order chi connectivity index (χ1) is 11.3. The zero-order valence-electron chi connectivity index (χ0n) is 12.9. The highest BCUT2D eigenvalue weighted by molar-refractivity contribution is 7.19. The molecular formula is C19H18ClNOS. The Balaban J connectivity index is 1.74. The molecule has 1 aromatic heterocycles. The summed E-state index contributed by atoms with van der Waals surface area (Å²) >= 11 is 7.99. The molecule has 0 radical (unpaired) electrons. The van der Waals surface area contributed by atoms with Crippen molar-refractivity contribution >= 4 is 38.7 Å². The van der Waals surface area contributed by atoms with E-state index in [0.717, 1.165) is 12.3 Å². The van der Waals surface area contributed by atoms with Gasteiger partial charge < -0.3 is 10.1 Å². The molecule has 2 heterocycles. The van der Waals surface area contributed by atoms with Gasteiger partial charge >= 0.3 is 0 Å². The minimum absolute atomic E-state index is 0.385. The van der Waals surface area contributed by atoms with Gasteiger partial charge in [0.05, 0.1) is 0 Å². The lowest BCUT2D eigenvalue weighted by atomic mass is 10.0. The average Bonchev–Trinajstić information content (AvgIpc) is 3.15. The van der Waals surface area contributed by atoms with Crippen molar-refractivity contribution in [3.05, 3.63) is 58.5 Å². The van der Waals surface area contributed by atoms with E-state index < -0.39 is 0 Å². The van der Waals surface area contributed by atoms with Crippen molar-refractivity contribution < 1.29 is 4.74 Å². The van der Waals surface area contributed by atoms with Crippen LogP contribution in [0.25, 0.3) is 10.1 Å². The number of thiophene rings is 1. The smallest absolute Gasteiger partial charge is 0.130 e. The summed E-state index contributed by atoms with van der Waals surface area (Å²) in [5, 5.41) is 4.69. The van der Waals surface area contributed by atoms with Crippen molar-refractivity contribution in [1.29, 1.82) is 0 Å². The summed E-state index contributed by atoms with van der Waals surface area (Å²) in [5.41, 5.74) is 3.72. The summed E-state index contributed by atoms with van der Waals surface area (Å²) in [4.78, 5) is 1.30. The van der Waals surface area contributed by atoms with E-state index >= 15 is 0 Å². The van der Waals surface area contributed by atoms with Crippen LogP contribution in [0, 0.1) is 6.92 Å². The van der Waals surface area contributed by atoms with Crippen molar-refractivity contribution in [3.63, 3.8) is 0 Å². The van der Waals surface area contributed by atoms with E-state index in [1.54, 1.807) is 0 Å². The van der Waals surface area contributed by atoms with Crippen LogP contribution in [-0.2, 0) is 6.61 Å². The van der Waals surface area contributed by atoms with E-state index in [1.807, 2.05) is 29.5 Å². The molecule has 0 amide bonds. The van der Waals surface area contributed by atoms with E-state index in [0.29, 0.717) is 18.4 Å². The number of benzene rings is 2. The quantitative estimate of drug-likeness (QED) is 0.628. The average molecular weight is 344 g/mol. The molecule has 1 atom stereocenters. The number of fused-ring (bicyclic) bond motifs is 3. The molecule has 0 spiro atoms. The van der Waals surface area contributed by atoms with Crippen LogP contribution in [0.15, 0.2) is 42.5 Å². The Kier molecular flexibility index (Phi) is 3.92. The third-order valence-electron chi connectivity index (χ3n) is 4.30. The molecule has 3 aromatic rings. The monoisotopic (exact) mass is 343 g/mol. The number of anilines is 1. The molecule has 2 nitrogen and oxygen atoms in total. The molecule has 2 aromatic carbocycles. The van der Waals surface area contributed by atoms with E-state index in [4.69, 9.17) is 16.3 Å². The maximum absolute atomic E-state index is 6.16. The van der Waals surface area contributed by atoms with Crippen molar-refractivity contribution in [2.24, 2.45) is 0 Å². The second kappa shape index (κ2) is 6.06. The summed E-state index contributed by atoms with van der Waals surface area (Å²) in [5.74, 6) is 1.99. The lowest BCUT2D eigenvalue weighted by Crippen LogP contribution is -2.02. The molecule has 4 rings (SSSR count). The Morgan fingerprint density at radius 3 is 2.87 bits per heavy atom. The normalized spacial score (nSPS) is 16.3. The maximum atomic E-state index is 6.16. The lowest BCUT2D eigenvalue weighted by Gasteiger charge is -2.12. The summed E-state index contributed by atoms with van der Waals surface area (Å²) in [6.07, 6.45) is 0. The Bertz CT molecular complexity index is 843. The van der Waals surface area contributed by atoms with Crippen molar-refractivity contribution in [3.8, 4) is 5.75 Å². The van der Waals surface area contributed by atoms with Crippen LogP contribution >= 0.6 is 22.9 Å². The van der Waals surface area contributed by atoms with Crippen molar-refractivity contribution in [2.45, 2.75) is 19.4 Å². The predicted octanol–water partition coefficient (Wildman–Crippen LogP) is 5.54. The largest absolute Gasteiger partial charge is 0.488 e. The summed E-state index contributed by atoms with van der Waals surface area (Å²) in [6, 6.07) is 14.6. The topological polar surface area (TPSA) is 21.3 Å².